The summed E-state index contributed by atoms with van der Waals surface area (Å²) in [5.41, 5.74) is -0.0719. The molecule has 1 N–H and O–H groups in total. The summed E-state index contributed by atoms with van der Waals surface area (Å²) in [5.74, 6) is -0.588. The summed E-state index contributed by atoms with van der Waals surface area (Å²) in [6, 6.07) is 0. The van der Waals surface area contributed by atoms with Crippen molar-refractivity contribution in [2.24, 2.45) is 0 Å². The lowest BCUT2D eigenvalue weighted by molar-refractivity contribution is 0.0330. The maximum Gasteiger partial charge on any atom is 0.340 e. The number of aromatic nitrogens is 2. The van der Waals surface area contributed by atoms with Gasteiger partial charge in [0.15, 0.2) is 0 Å². The molecule has 2 rings (SSSR count). The minimum absolute atomic E-state index is 0.0178. The molecule has 7 heteroatoms. The van der Waals surface area contributed by atoms with Gasteiger partial charge in [-0.1, -0.05) is 11.6 Å². The summed E-state index contributed by atoms with van der Waals surface area (Å²) in [7, 11) is 0. The van der Waals surface area contributed by atoms with Crippen LogP contribution in [0.1, 0.15) is 16.2 Å². The van der Waals surface area contributed by atoms with Crippen molar-refractivity contribution in [3.63, 3.8) is 0 Å². The van der Waals surface area contributed by atoms with E-state index in [2.05, 4.69) is 14.9 Å². The van der Waals surface area contributed by atoms with Crippen molar-refractivity contribution in [2.45, 2.75) is 6.54 Å². The Morgan fingerprint density at radius 2 is 2.24 bits per heavy atom. The standard InChI is InChI=1S/C10H12ClN3O3/c11-9-7(10(15)16)5-12-8(13-9)6-14-1-3-17-4-2-14/h5H,1-4,6H2,(H,15,16). The van der Waals surface area contributed by atoms with E-state index in [1.54, 1.807) is 0 Å². The number of nitrogens with zero attached hydrogens (tertiary/aromatic N) is 3. The second kappa shape index (κ2) is 5.39. The van der Waals surface area contributed by atoms with Crippen LogP contribution in [0.3, 0.4) is 0 Å². The predicted molar refractivity (Wildman–Crippen MR) is 60.1 cm³/mol. The van der Waals surface area contributed by atoms with Crippen molar-refractivity contribution < 1.29 is 14.6 Å². The average molecular weight is 258 g/mol. The van der Waals surface area contributed by atoms with Crippen molar-refractivity contribution >= 4 is 17.6 Å². The van der Waals surface area contributed by atoms with Gasteiger partial charge in [0, 0.05) is 19.3 Å². The van der Waals surface area contributed by atoms with Crippen LogP contribution in [0.15, 0.2) is 6.20 Å². The Hall–Kier alpha value is -1.24. The number of aromatic carboxylic acids is 1. The highest BCUT2D eigenvalue weighted by atomic mass is 35.5. The molecule has 1 aromatic heterocycles. The molecule has 0 unspecified atom stereocenters. The van der Waals surface area contributed by atoms with Gasteiger partial charge >= 0.3 is 5.97 Å². The molecular weight excluding hydrogens is 246 g/mol. The first kappa shape index (κ1) is 12.2. The highest BCUT2D eigenvalue weighted by Gasteiger charge is 2.15. The third kappa shape index (κ3) is 3.12. The molecule has 0 radical (unpaired) electrons. The topological polar surface area (TPSA) is 75.5 Å². The number of hydrogen-bond acceptors (Lipinski definition) is 5. The van der Waals surface area contributed by atoms with Crippen molar-refractivity contribution in [3.8, 4) is 0 Å². The SMILES string of the molecule is O=C(O)c1cnc(CN2CCOCC2)nc1Cl. The van der Waals surface area contributed by atoms with E-state index >= 15 is 0 Å². The molecular formula is C10H12ClN3O3. The van der Waals surface area contributed by atoms with Gasteiger partial charge in [-0.2, -0.15) is 0 Å². The van der Waals surface area contributed by atoms with Gasteiger partial charge in [0.2, 0.25) is 0 Å². The summed E-state index contributed by atoms with van der Waals surface area (Å²) in [6.45, 7) is 3.59. The molecule has 6 nitrogen and oxygen atoms in total. The Labute approximate surface area is 103 Å². The Morgan fingerprint density at radius 3 is 2.82 bits per heavy atom. The van der Waals surface area contributed by atoms with Crippen LogP contribution in [-0.4, -0.2) is 52.2 Å². The van der Waals surface area contributed by atoms with Crippen LogP contribution >= 0.6 is 11.6 Å². The van der Waals surface area contributed by atoms with Crippen LogP contribution in [0.25, 0.3) is 0 Å². The molecule has 0 atom stereocenters. The Morgan fingerprint density at radius 1 is 1.53 bits per heavy atom. The summed E-state index contributed by atoms with van der Waals surface area (Å²) in [6.07, 6.45) is 1.24. The summed E-state index contributed by atoms with van der Waals surface area (Å²) < 4.78 is 5.23. The number of rotatable bonds is 3. The van der Waals surface area contributed by atoms with Crippen LogP contribution in [0.2, 0.25) is 5.15 Å². The maximum absolute atomic E-state index is 10.7. The first-order valence-electron chi connectivity index (χ1n) is 5.21. The van der Waals surface area contributed by atoms with Gasteiger partial charge in [-0.3, -0.25) is 4.90 Å². The fourth-order valence-corrected chi connectivity index (χ4v) is 1.80. The fraction of sp³-hybridized carbons (Fsp3) is 0.500. The third-order valence-electron chi connectivity index (χ3n) is 2.49. The molecule has 0 saturated carbocycles. The van der Waals surface area contributed by atoms with E-state index in [-0.39, 0.29) is 10.7 Å². The molecule has 17 heavy (non-hydrogen) atoms. The van der Waals surface area contributed by atoms with Gasteiger partial charge in [-0.05, 0) is 0 Å². The quantitative estimate of drug-likeness (QED) is 0.802. The minimum Gasteiger partial charge on any atom is -0.478 e. The zero-order chi connectivity index (χ0) is 12.3. The fourth-order valence-electron chi connectivity index (χ4n) is 1.57. The Kier molecular flexibility index (Phi) is 3.88. The molecule has 0 bridgehead atoms. The monoisotopic (exact) mass is 257 g/mol. The lowest BCUT2D eigenvalue weighted by Gasteiger charge is -2.25. The minimum atomic E-state index is -1.12. The van der Waals surface area contributed by atoms with Crippen molar-refractivity contribution in [1.82, 2.24) is 14.9 Å². The van der Waals surface area contributed by atoms with Crippen LogP contribution in [0.4, 0.5) is 0 Å². The molecule has 1 aliphatic heterocycles. The van der Waals surface area contributed by atoms with Crippen LogP contribution in [-0.2, 0) is 11.3 Å². The van der Waals surface area contributed by atoms with E-state index in [0.717, 1.165) is 13.1 Å². The van der Waals surface area contributed by atoms with E-state index in [1.807, 2.05) is 0 Å². The van der Waals surface area contributed by atoms with E-state index in [1.165, 1.54) is 6.20 Å². The van der Waals surface area contributed by atoms with Gasteiger partial charge in [-0.25, -0.2) is 14.8 Å². The van der Waals surface area contributed by atoms with E-state index in [0.29, 0.717) is 25.6 Å². The van der Waals surface area contributed by atoms with Gasteiger partial charge < -0.3 is 9.84 Å². The second-order valence-electron chi connectivity index (χ2n) is 3.68. The molecule has 1 fully saturated rings. The third-order valence-corrected chi connectivity index (χ3v) is 2.78. The van der Waals surface area contributed by atoms with Crippen molar-refractivity contribution in [2.75, 3.05) is 26.3 Å². The molecule has 1 aromatic rings. The predicted octanol–water partition coefficient (Wildman–Crippen LogP) is 0.660. The number of ether oxygens (including phenoxy) is 1. The average Bonchev–Trinajstić information content (AvgIpc) is 2.30. The summed E-state index contributed by atoms with van der Waals surface area (Å²) in [5, 5.41) is 8.77. The molecule has 92 valence electrons. The maximum atomic E-state index is 10.7. The summed E-state index contributed by atoms with van der Waals surface area (Å²) in [4.78, 5) is 20.8. The van der Waals surface area contributed by atoms with Crippen molar-refractivity contribution in [1.29, 1.82) is 0 Å². The second-order valence-corrected chi connectivity index (χ2v) is 4.04. The largest absolute Gasteiger partial charge is 0.478 e. The first-order chi connectivity index (χ1) is 8.16. The Bertz CT molecular complexity index is 421. The smallest absolute Gasteiger partial charge is 0.340 e. The van der Waals surface area contributed by atoms with Gasteiger partial charge in [0.1, 0.15) is 16.5 Å². The molecule has 1 aliphatic rings. The number of hydrogen-bond donors (Lipinski definition) is 1. The van der Waals surface area contributed by atoms with E-state index < -0.39 is 5.97 Å². The lowest BCUT2D eigenvalue weighted by Crippen LogP contribution is -2.36. The number of morpholine rings is 1. The highest BCUT2D eigenvalue weighted by Crippen LogP contribution is 2.13. The molecule has 0 spiro atoms. The molecule has 0 aromatic carbocycles. The normalized spacial score (nSPS) is 17.0. The molecule has 2 heterocycles. The number of carboxylic acids is 1. The number of halogens is 1. The van der Waals surface area contributed by atoms with E-state index in [4.69, 9.17) is 21.4 Å². The Balaban J connectivity index is 2.06. The first-order valence-corrected chi connectivity index (χ1v) is 5.59. The van der Waals surface area contributed by atoms with Gasteiger partial charge in [-0.15, -0.1) is 0 Å². The molecule has 0 aliphatic carbocycles. The molecule has 1 saturated heterocycles. The summed E-state index contributed by atoms with van der Waals surface area (Å²) >= 11 is 5.77. The van der Waals surface area contributed by atoms with Crippen LogP contribution in [0.5, 0.6) is 0 Å². The van der Waals surface area contributed by atoms with Crippen LogP contribution < -0.4 is 0 Å². The molecule has 0 amide bonds. The van der Waals surface area contributed by atoms with E-state index in [9.17, 15) is 4.79 Å². The van der Waals surface area contributed by atoms with Crippen molar-refractivity contribution in [3.05, 3.63) is 22.7 Å². The highest BCUT2D eigenvalue weighted by molar-refractivity contribution is 6.32. The number of carboxylic acid groups (broad SMARTS) is 1. The zero-order valence-electron chi connectivity index (χ0n) is 9.10. The van der Waals surface area contributed by atoms with Gasteiger partial charge in [0.25, 0.3) is 0 Å². The van der Waals surface area contributed by atoms with Gasteiger partial charge in [0.05, 0.1) is 19.8 Å². The number of carbonyl (C=O) groups is 1. The lowest BCUT2D eigenvalue weighted by atomic mass is 10.3. The van der Waals surface area contributed by atoms with Crippen LogP contribution in [0, 0.1) is 0 Å². The zero-order valence-corrected chi connectivity index (χ0v) is 9.85.